The van der Waals surface area contributed by atoms with Gasteiger partial charge in [0.15, 0.2) is 0 Å². The largest absolute Gasteiger partial charge is 0.328 e. The molecule has 0 aliphatic carbocycles. The van der Waals surface area contributed by atoms with Gasteiger partial charge in [-0.2, -0.15) is 13.1 Å². The monoisotopic (exact) mass is 383 g/mol. The van der Waals surface area contributed by atoms with Crippen molar-refractivity contribution in [3.63, 3.8) is 0 Å². The lowest BCUT2D eigenvalue weighted by molar-refractivity contribution is -0.476. The Labute approximate surface area is 158 Å². The van der Waals surface area contributed by atoms with Crippen molar-refractivity contribution >= 4 is 15.9 Å². The van der Waals surface area contributed by atoms with E-state index in [0.717, 1.165) is 11.1 Å². The Bertz CT molecular complexity index is 1030. The minimum atomic E-state index is -3.78. The van der Waals surface area contributed by atoms with Crippen LogP contribution in [0.2, 0.25) is 0 Å². The van der Waals surface area contributed by atoms with Crippen LogP contribution >= 0.6 is 0 Å². The molecule has 0 aromatic heterocycles. The number of hydrogen-bond donors (Lipinski definition) is 2. The molecule has 4 nitrogen and oxygen atoms in total. The number of aryl methyl sites for hydroxylation is 1. The average molecular weight is 383 g/mol. The van der Waals surface area contributed by atoms with Crippen LogP contribution < -0.4 is 9.71 Å². The van der Waals surface area contributed by atoms with Gasteiger partial charge in [-0.15, -0.1) is 0 Å². The molecule has 138 valence electrons. The highest BCUT2D eigenvalue weighted by Crippen LogP contribution is 2.11. The third-order valence-corrected chi connectivity index (χ3v) is 5.38. The highest BCUT2D eigenvalue weighted by atomic mass is 32.2. The maximum atomic E-state index is 13.3. The maximum Gasteiger partial charge on any atom is 0.328 e. The normalized spacial score (nSPS) is 12.0. The number of rotatable bonds is 5. The number of hydrogen-bond acceptors (Lipinski definition) is 2. The quantitative estimate of drug-likeness (QED) is 0.524. The van der Waals surface area contributed by atoms with E-state index >= 15 is 0 Å². The van der Waals surface area contributed by atoms with Crippen LogP contribution in [-0.2, 0) is 16.6 Å². The van der Waals surface area contributed by atoms with E-state index in [1.165, 1.54) is 24.3 Å². The van der Waals surface area contributed by atoms with Crippen LogP contribution in [0.25, 0.3) is 0 Å². The Morgan fingerprint density at radius 3 is 2.19 bits per heavy atom. The molecule has 27 heavy (non-hydrogen) atoms. The molecule has 0 bridgehead atoms. The second-order valence-corrected chi connectivity index (χ2v) is 7.82. The first kappa shape index (κ1) is 18.8. The fourth-order valence-corrected chi connectivity index (χ4v) is 3.58. The Kier molecular flexibility index (Phi) is 5.66. The van der Waals surface area contributed by atoms with Crippen molar-refractivity contribution < 1.29 is 17.8 Å². The van der Waals surface area contributed by atoms with Crippen molar-refractivity contribution in [3.05, 3.63) is 101 Å². The Balaban J connectivity index is 1.93. The van der Waals surface area contributed by atoms with Gasteiger partial charge in [-0.05, 0) is 48.9 Å². The second-order valence-electron chi connectivity index (χ2n) is 6.14. The molecule has 0 fully saturated rings. The summed E-state index contributed by atoms with van der Waals surface area (Å²) in [7, 11) is -3.78. The van der Waals surface area contributed by atoms with Crippen LogP contribution in [0.15, 0.2) is 83.8 Å². The van der Waals surface area contributed by atoms with E-state index in [1.807, 2.05) is 37.3 Å². The van der Waals surface area contributed by atoms with E-state index < -0.39 is 10.0 Å². The van der Waals surface area contributed by atoms with Gasteiger partial charge in [0.2, 0.25) is 0 Å². The molecule has 0 aliphatic heterocycles. The summed E-state index contributed by atoms with van der Waals surface area (Å²) in [5.74, 6) is -0.0954. The van der Waals surface area contributed by atoms with Crippen LogP contribution in [0.4, 0.5) is 4.39 Å². The van der Waals surface area contributed by atoms with Crippen molar-refractivity contribution in [2.24, 2.45) is 0 Å². The predicted molar refractivity (Wildman–Crippen MR) is 103 cm³/mol. The van der Waals surface area contributed by atoms with Crippen LogP contribution in [0.5, 0.6) is 0 Å². The predicted octanol–water partition coefficient (Wildman–Crippen LogP) is 2.14. The summed E-state index contributed by atoms with van der Waals surface area (Å²) in [6, 6.07) is 21.8. The maximum absolute atomic E-state index is 13.3. The first-order valence-electron chi connectivity index (χ1n) is 8.44. The van der Waals surface area contributed by atoms with Gasteiger partial charge < -0.3 is 0 Å². The number of nitrogens with one attached hydrogen (secondary N) is 2. The number of amidine groups is 1. The van der Waals surface area contributed by atoms with Gasteiger partial charge in [-0.1, -0.05) is 48.0 Å². The molecule has 0 spiro atoms. The van der Waals surface area contributed by atoms with Crippen molar-refractivity contribution in [3.8, 4) is 0 Å². The van der Waals surface area contributed by atoms with Crippen LogP contribution in [0, 0.1) is 12.7 Å². The van der Waals surface area contributed by atoms with Gasteiger partial charge in [0, 0.05) is 0 Å². The summed E-state index contributed by atoms with van der Waals surface area (Å²) in [5.41, 5.74) is 2.51. The fraction of sp³-hybridized carbons (Fsp3) is 0.0952. The lowest BCUT2D eigenvalue weighted by Crippen LogP contribution is -2.75. The van der Waals surface area contributed by atoms with Crippen LogP contribution in [0.1, 0.15) is 16.7 Å². The zero-order valence-electron chi connectivity index (χ0n) is 14.8. The third kappa shape index (κ3) is 5.01. The minimum absolute atomic E-state index is 0.161. The van der Waals surface area contributed by atoms with Gasteiger partial charge in [-0.25, -0.2) is 4.39 Å². The van der Waals surface area contributed by atoms with Crippen molar-refractivity contribution in [1.82, 2.24) is 4.72 Å². The van der Waals surface area contributed by atoms with Gasteiger partial charge in [0.05, 0.1) is 5.56 Å². The first-order valence-corrected chi connectivity index (χ1v) is 9.92. The SMILES string of the molecule is Cc1ccc(S(=O)(=O)NC(=[NH+]Cc2ccccc2)c2ccc(F)cc2)cc1. The summed E-state index contributed by atoms with van der Waals surface area (Å²) in [4.78, 5) is 3.27. The van der Waals surface area contributed by atoms with Crippen LogP contribution in [-0.4, -0.2) is 14.3 Å². The number of sulfonamides is 1. The molecular formula is C21H20FN2O2S+. The highest BCUT2D eigenvalue weighted by Gasteiger charge is 2.23. The summed E-state index contributed by atoms with van der Waals surface area (Å²) < 4.78 is 41.4. The van der Waals surface area contributed by atoms with Gasteiger partial charge in [0.25, 0.3) is 5.84 Å². The van der Waals surface area contributed by atoms with Gasteiger partial charge >= 0.3 is 10.0 Å². The summed E-state index contributed by atoms with van der Waals surface area (Å²) >= 11 is 0. The second kappa shape index (κ2) is 8.14. The fourth-order valence-electron chi connectivity index (χ4n) is 2.51. The smallest absolute Gasteiger partial charge is 0.269 e. The lowest BCUT2D eigenvalue weighted by Gasteiger charge is -2.06. The highest BCUT2D eigenvalue weighted by molar-refractivity contribution is 7.90. The average Bonchev–Trinajstić information content (AvgIpc) is 2.67. The molecule has 3 aromatic rings. The molecule has 0 saturated heterocycles. The van der Waals surface area contributed by atoms with E-state index in [9.17, 15) is 12.8 Å². The van der Waals surface area contributed by atoms with E-state index in [1.54, 1.807) is 24.3 Å². The van der Waals surface area contributed by atoms with E-state index in [0.29, 0.717) is 17.9 Å². The molecule has 0 saturated carbocycles. The molecule has 0 atom stereocenters. The van der Waals surface area contributed by atoms with E-state index in [4.69, 9.17) is 0 Å². The van der Waals surface area contributed by atoms with E-state index in [2.05, 4.69) is 9.71 Å². The summed E-state index contributed by atoms with van der Waals surface area (Å²) in [5, 5.41) is 0. The van der Waals surface area contributed by atoms with Gasteiger partial charge in [-0.3, -0.25) is 4.99 Å². The number of halogens is 1. The molecule has 0 aliphatic rings. The Hall–Kier alpha value is -2.99. The zero-order valence-corrected chi connectivity index (χ0v) is 15.6. The van der Waals surface area contributed by atoms with Crippen molar-refractivity contribution in [1.29, 1.82) is 0 Å². The van der Waals surface area contributed by atoms with E-state index in [-0.39, 0.29) is 10.7 Å². The minimum Gasteiger partial charge on any atom is -0.269 e. The molecule has 3 aromatic carbocycles. The Morgan fingerprint density at radius 2 is 1.56 bits per heavy atom. The Morgan fingerprint density at radius 1 is 0.926 bits per heavy atom. The zero-order chi connectivity index (χ0) is 19.3. The lowest BCUT2D eigenvalue weighted by atomic mass is 10.2. The summed E-state index contributed by atoms with van der Waals surface area (Å²) in [6.45, 7) is 2.31. The first-order chi connectivity index (χ1) is 12.9. The topological polar surface area (TPSA) is 60.1 Å². The molecule has 2 N–H and O–H groups in total. The molecule has 3 rings (SSSR count). The standard InChI is InChI=1S/C21H19FN2O2S/c1-16-7-13-20(14-8-16)27(25,26)24-21(18-9-11-19(22)12-10-18)23-15-17-5-3-2-4-6-17/h2-14H,15H2,1H3,(H,23,24)/p+1. The van der Waals surface area contributed by atoms with Crippen molar-refractivity contribution in [2.45, 2.75) is 18.4 Å². The molecular weight excluding hydrogens is 363 g/mol. The van der Waals surface area contributed by atoms with Crippen molar-refractivity contribution in [2.75, 3.05) is 0 Å². The van der Waals surface area contributed by atoms with Crippen LogP contribution in [0.3, 0.4) is 0 Å². The number of benzene rings is 3. The summed E-state index contributed by atoms with van der Waals surface area (Å²) in [6.07, 6.45) is 0. The molecule has 0 heterocycles. The third-order valence-electron chi connectivity index (χ3n) is 4.01. The van der Waals surface area contributed by atoms with Gasteiger partial charge in [0.1, 0.15) is 17.3 Å². The molecule has 6 heteroatoms. The molecule has 0 radical (unpaired) electrons. The molecule has 0 amide bonds. The molecule has 0 unspecified atom stereocenters.